The first-order valence-electron chi connectivity index (χ1n) is 9.33. The number of ether oxygens (including phenoxy) is 1. The zero-order valence-corrected chi connectivity index (χ0v) is 18.2. The molecule has 1 saturated carbocycles. The number of hydrogen-bond donors (Lipinski definition) is 2. The van der Waals surface area contributed by atoms with Gasteiger partial charge >= 0.3 is 6.18 Å². The maximum absolute atomic E-state index is 12.5. The molecule has 2 fully saturated rings. The lowest BCUT2D eigenvalue weighted by molar-refractivity contribution is -0.137. The molecule has 2 N–H and O–H groups in total. The van der Waals surface area contributed by atoms with Crippen LogP contribution in [-0.4, -0.2) is 61.2 Å². The molecule has 1 aliphatic carbocycles. The van der Waals surface area contributed by atoms with Crippen LogP contribution in [0.3, 0.4) is 0 Å². The normalized spacial score (nSPS) is 19.1. The average Bonchev–Trinajstić information content (AvgIpc) is 3.49. The van der Waals surface area contributed by atoms with Gasteiger partial charge in [0.2, 0.25) is 5.88 Å². The molecular formula is C18H27F3IN5O. The molecule has 2 heterocycles. The molecule has 28 heavy (non-hydrogen) atoms. The van der Waals surface area contributed by atoms with Crippen LogP contribution in [0.1, 0.15) is 31.2 Å². The number of pyridine rings is 1. The lowest BCUT2D eigenvalue weighted by Gasteiger charge is -2.33. The van der Waals surface area contributed by atoms with Crippen LogP contribution in [0.4, 0.5) is 13.2 Å². The molecule has 0 bridgehead atoms. The molecule has 158 valence electrons. The van der Waals surface area contributed by atoms with E-state index in [1.165, 1.54) is 18.9 Å². The summed E-state index contributed by atoms with van der Waals surface area (Å²) in [5, 5.41) is 6.59. The minimum atomic E-state index is -4.39. The number of nitrogens with one attached hydrogen (secondary N) is 2. The van der Waals surface area contributed by atoms with Gasteiger partial charge in [0, 0.05) is 44.5 Å². The number of aromatic nitrogens is 1. The minimum absolute atomic E-state index is 0. The molecule has 1 aromatic rings. The monoisotopic (exact) mass is 513 g/mol. The Morgan fingerprint density at radius 3 is 2.50 bits per heavy atom. The first kappa shape index (κ1) is 23.0. The first-order valence-corrected chi connectivity index (χ1v) is 9.33. The number of guanidine groups is 1. The van der Waals surface area contributed by atoms with E-state index in [-0.39, 0.29) is 36.5 Å². The number of alkyl halides is 3. The summed E-state index contributed by atoms with van der Waals surface area (Å²) in [4.78, 5) is 10.5. The molecule has 0 atom stereocenters. The van der Waals surface area contributed by atoms with Gasteiger partial charge in [-0.1, -0.05) is 0 Å². The van der Waals surface area contributed by atoms with Crippen molar-refractivity contribution in [1.82, 2.24) is 20.5 Å². The Morgan fingerprint density at radius 2 is 1.96 bits per heavy atom. The number of hydrogen-bond acceptors (Lipinski definition) is 4. The molecule has 0 spiro atoms. The maximum atomic E-state index is 12.5. The predicted molar refractivity (Wildman–Crippen MR) is 112 cm³/mol. The highest BCUT2D eigenvalue weighted by molar-refractivity contribution is 14.0. The van der Waals surface area contributed by atoms with Gasteiger partial charge in [0.25, 0.3) is 0 Å². The van der Waals surface area contributed by atoms with Gasteiger partial charge in [-0.15, -0.1) is 24.0 Å². The van der Waals surface area contributed by atoms with Gasteiger partial charge in [-0.25, -0.2) is 4.98 Å². The number of likely N-dealkylation sites (tertiary alicyclic amines) is 1. The summed E-state index contributed by atoms with van der Waals surface area (Å²) in [5.41, 5.74) is -0.787. The van der Waals surface area contributed by atoms with Crippen LogP contribution in [0.15, 0.2) is 23.3 Å². The second-order valence-electron chi connectivity index (χ2n) is 6.92. The zero-order chi connectivity index (χ0) is 19.3. The SMILES string of the molecule is CN=C(NCCOc1ccc(C(F)(F)F)cn1)NC1CCN(C2CC2)CC1.I. The number of nitrogens with zero attached hydrogens (tertiary/aromatic N) is 3. The molecule has 0 unspecified atom stereocenters. The van der Waals surface area contributed by atoms with Crippen molar-refractivity contribution in [3.63, 3.8) is 0 Å². The van der Waals surface area contributed by atoms with Gasteiger partial charge in [-0.3, -0.25) is 4.99 Å². The molecule has 3 rings (SSSR count). The molecule has 0 amide bonds. The minimum Gasteiger partial charge on any atom is -0.476 e. The molecule has 1 aliphatic heterocycles. The van der Waals surface area contributed by atoms with E-state index in [0.29, 0.717) is 18.5 Å². The van der Waals surface area contributed by atoms with E-state index in [0.717, 1.165) is 44.2 Å². The second kappa shape index (κ2) is 10.5. The van der Waals surface area contributed by atoms with E-state index in [9.17, 15) is 13.2 Å². The van der Waals surface area contributed by atoms with Crippen LogP contribution < -0.4 is 15.4 Å². The molecule has 2 aliphatic rings. The van der Waals surface area contributed by atoms with Crippen molar-refractivity contribution < 1.29 is 17.9 Å². The van der Waals surface area contributed by atoms with Gasteiger partial charge in [0.15, 0.2) is 5.96 Å². The lowest BCUT2D eigenvalue weighted by atomic mass is 10.1. The number of piperidine rings is 1. The lowest BCUT2D eigenvalue weighted by Crippen LogP contribution is -2.49. The third-order valence-electron chi connectivity index (χ3n) is 4.87. The molecule has 0 aromatic carbocycles. The van der Waals surface area contributed by atoms with E-state index >= 15 is 0 Å². The van der Waals surface area contributed by atoms with Crippen molar-refractivity contribution in [1.29, 1.82) is 0 Å². The fraction of sp³-hybridized carbons (Fsp3) is 0.667. The smallest absolute Gasteiger partial charge is 0.417 e. The third-order valence-corrected chi connectivity index (χ3v) is 4.87. The predicted octanol–water partition coefficient (Wildman–Crippen LogP) is 2.89. The molecular weight excluding hydrogens is 486 g/mol. The van der Waals surface area contributed by atoms with Gasteiger partial charge in [-0.2, -0.15) is 13.2 Å². The molecule has 1 saturated heterocycles. The van der Waals surface area contributed by atoms with E-state index in [2.05, 4.69) is 25.5 Å². The van der Waals surface area contributed by atoms with Crippen LogP contribution in [-0.2, 0) is 6.18 Å². The highest BCUT2D eigenvalue weighted by Crippen LogP contribution is 2.30. The van der Waals surface area contributed by atoms with Crippen LogP contribution >= 0.6 is 24.0 Å². The van der Waals surface area contributed by atoms with Crippen molar-refractivity contribution in [3.8, 4) is 5.88 Å². The van der Waals surface area contributed by atoms with Crippen molar-refractivity contribution in [2.75, 3.05) is 33.3 Å². The van der Waals surface area contributed by atoms with Gasteiger partial charge in [0.05, 0.1) is 12.1 Å². The zero-order valence-electron chi connectivity index (χ0n) is 15.8. The van der Waals surface area contributed by atoms with Crippen molar-refractivity contribution in [2.45, 2.75) is 43.9 Å². The summed E-state index contributed by atoms with van der Waals surface area (Å²) in [6, 6.07) is 3.41. The topological polar surface area (TPSA) is 61.8 Å². The summed E-state index contributed by atoms with van der Waals surface area (Å²) < 4.78 is 42.9. The standard InChI is InChI=1S/C18H26F3N5O.HI/c1-22-17(25-14-6-9-26(10-7-14)15-3-4-15)23-8-11-27-16-5-2-13(12-24-16)18(19,20)21;/h2,5,12,14-15H,3-4,6-11H2,1H3,(H2,22,23,25);1H. The Morgan fingerprint density at radius 1 is 1.25 bits per heavy atom. The molecule has 0 radical (unpaired) electrons. The Hall–Kier alpha value is -1.30. The largest absolute Gasteiger partial charge is 0.476 e. The van der Waals surface area contributed by atoms with Gasteiger partial charge in [-0.05, 0) is 31.7 Å². The van der Waals surface area contributed by atoms with Gasteiger partial charge in [0.1, 0.15) is 6.61 Å². The van der Waals surface area contributed by atoms with E-state index in [4.69, 9.17) is 4.74 Å². The fourth-order valence-corrected chi connectivity index (χ4v) is 3.20. The maximum Gasteiger partial charge on any atom is 0.417 e. The molecule has 6 nitrogen and oxygen atoms in total. The number of aliphatic imine (C=N–C) groups is 1. The Kier molecular flexibility index (Phi) is 8.59. The van der Waals surface area contributed by atoms with Crippen LogP contribution in [0.2, 0.25) is 0 Å². The Bertz CT molecular complexity index is 629. The number of halogens is 4. The van der Waals surface area contributed by atoms with E-state index in [1.54, 1.807) is 7.05 Å². The summed E-state index contributed by atoms with van der Waals surface area (Å²) in [5.74, 6) is 0.879. The highest BCUT2D eigenvalue weighted by atomic mass is 127. The van der Waals surface area contributed by atoms with Crippen LogP contribution in [0.5, 0.6) is 5.88 Å². The van der Waals surface area contributed by atoms with Crippen molar-refractivity contribution >= 4 is 29.9 Å². The number of rotatable bonds is 6. The molecule has 10 heteroatoms. The Labute approximate surface area is 180 Å². The van der Waals surface area contributed by atoms with E-state index < -0.39 is 11.7 Å². The Balaban J connectivity index is 0.00000280. The van der Waals surface area contributed by atoms with Crippen molar-refractivity contribution in [2.24, 2.45) is 4.99 Å². The van der Waals surface area contributed by atoms with Crippen molar-refractivity contribution in [3.05, 3.63) is 23.9 Å². The fourth-order valence-electron chi connectivity index (χ4n) is 3.20. The summed E-state index contributed by atoms with van der Waals surface area (Å²) in [6.45, 7) is 3.01. The first-order chi connectivity index (χ1) is 13.0. The average molecular weight is 513 g/mol. The van der Waals surface area contributed by atoms with Crippen LogP contribution in [0, 0.1) is 0 Å². The van der Waals surface area contributed by atoms with Crippen LogP contribution in [0.25, 0.3) is 0 Å². The summed E-state index contributed by atoms with van der Waals surface area (Å²) in [7, 11) is 1.72. The second-order valence-corrected chi connectivity index (χ2v) is 6.92. The van der Waals surface area contributed by atoms with Gasteiger partial charge < -0.3 is 20.3 Å². The third kappa shape index (κ3) is 6.94. The summed E-state index contributed by atoms with van der Waals surface area (Å²) in [6.07, 6.45) is 1.27. The molecule has 1 aromatic heterocycles. The quantitative estimate of drug-likeness (QED) is 0.265. The van der Waals surface area contributed by atoms with E-state index in [1.807, 2.05) is 0 Å². The summed E-state index contributed by atoms with van der Waals surface area (Å²) >= 11 is 0. The highest BCUT2D eigenvalue weighted by Gasteiger charge is 2.32.